The van der Waals surface area contributed by atoms with Crippen LogP contribution in [0, 0.1) is 11.8 Å². The number of carbonyl (C=O) groups is 3. The van der Waals surface area contributed by atoms with Crippen LogP contribution in [-0.4, -0.2) is 77.1 Å². The van der Waals surface area contributed by atoms with Crippen molar-refractivity contribution >= 4 is 40.9 Å². The van der Waals surface area contributed by atoms with Crippen molar-refractivity contribution in [3.8, 4) is 5.75 Å². The Kier molecular flexibility index (Phi) is 8.56. The molecule has 8 nitrogen and oxygen atoms in total. The van der Waals surface area contributed by atoms with Crippen LogP contribution in [0.1, 0.15) is 19.3 Å². The third-order valence-electron chi connectivity index (χ3n) is 8.48. The molecule has 3 saturated heterocycles. The maximum atomic E-state index is 14.5. The van der Waals surface area contributed by atoms with E-state index in [0.29, 0.717) is 30.8 Å². The summed E-state index contributed by atoms with van der Waals surface area (Å²) >= 11 is 1.64. The molecular formula is C32H37N3O5S. The Bertz CT molecular complexity index is 1300. The number of thioether (sulfide) groups is 1. The fourth-order valence-electron chi connectivity index (χ4n) is 6.80. The molecule has 5 rings (SSSR count). The topological polar surface area (TPSA) is 90.4 Å². The highest BCUT2D eigenvalue weighted by molar-refractivity contribution is 8.02. The number of likely N-dealkylation sites (tertiary alicyclic amines) is 1. The van der Waals surface area contributed by atoms with Crippen LogP contribution in [0.5, 0.6) is 5.75 Å². The molecule has 3 aliphatic heterocycles. The van der Waals surface area contributed by atoms with Crippen molar-refractivity contribution in [1.29, 1.82) is 0 Å². The van der Waals surface area contributed by atoms with E-state index < -0.39 is 22.6 Å². The minimum atomic E-state index is -0.758. The van der Waals surface area contributed by atoms with Gasteiger partial charge in [-0.05, 0) is 55.7 Å². The zero-order valence-electron chi connectivity index (χ0n) is 23.4. The number of aliphatic hydroxyl groups is 1. The lowest BCUT2D eigenvalue weighted by Crippen LogP contribution is -2.55. The summed E-state index contributed by atoms with van der Waals surface area (Å²) in [6, 6.07) is 15.9. The van der Waals surface area contributed by atoms with Gasteiger partial charge in [-0.15, -0.1) is 24.9 Å². The van der Waals surface area contributed by atoms with Gasteiger partial charge in [0.1, 0.15) is 11.8 Å². The first-order valence-corrected chi connectivity index (χ1v) is 14.9. The highest BCUT2D eigenvalue weighted by Gasteiger charge is 2.74. The van der Waals surface area contributed by atoms with Gasteiger partial charge in [0.2, 0.25) is 11.8 Å². The molecular weight excluding hydrogens is 538 g/mol. The molecule has 2 aromatic carbocycles. The second kappa shape index (κ2) is 12.1. The van der Waals surface area contributed by atoms with Gasteiger partial charge in [-0.2, -0.15) is 0 Å². The summed E-state index contributed by atoms with van der Waals surface area (Å²) in [6.07, 6.45) is 5.14. The molecule has 0 aliphatic carbocycles. The Morgan fingerprint density at radius 1 is 1.05 bits per heavy atom. The first-order valence-electron chi connectivity index (χ1n) is 14.0. The number of anilines is 2. The van der Waals surface area contributed by atoms with Gasteiger partial charge in [-0.3, -0.25) is 14.4 Å². The summed E-state index contributed by atoms with van der Waals surface area (Å²) in [6.45, 7) is 8.46. The molecule has 3 aliphatic rings. The molecule has 3 heterocycles. The van der Waals surface area contributed by atoms with E-state index in [2.05, 4.69) is 13.2 Å². The lowest BCUT2D eigenvalue weighted by atomic mass is 9.70. The number of amides is 3. The maximum Gasteiger partial charge on any atom is 0.251 e. The van der Waals surface area contributed by atoms with E-state index in [0.717, 1.165) is 12.1 Å². The maximum absolute atomic E-state index is 14.5. The molecule has 5 atom stereocenters. The SMILES string of the molecule is C=CCN(C(=O)C1N(CCCO)C(=O)[C@@H]2[C@@H](C(=O)N(CC=C)c3ccccc3)[C@H]3CCC12S3)c1ccc(OC)cc1. The van der Waals surface area contributed by atoms with Crippen molar-refractivity contribution in [2.75, 3.05) is 43.2 Å². The number of para-hydroxylation sites is 1. The van der Waals surface area contributed by atoms with E-state index >= 15 is 0 Å². The summed E-state index contributed by atoms with van der Waals surface area (Å²) in [5, 5.41) is 9.60. The third kappa shape index (κ3) is 4.95. The first-order chi connectivity index (χ1) is 19.9. The van der Waals surface area contributed by atoms with Crippen molar-refractivity contribution in [2.24, 2.45) is 11.8 Å². The van der Waals surface area contributed by atoms with E-state index in [1.54, 1.807) is 57.9 Å². The fourth-order valence-corrected chi connectivity index (χ4v) is 9.00. The van der Waals surface area contributed by atoms with Gasteiger partial charge in [0, 0.05) is 42.9 Å². The second-order valence-electron chi connectivity index (χ2n) is 10.7. The summed E-state index contributed by atoms with van der Waals surface area (Å²) < 4.78 is 4.57. The zero-order chi connectivity index (χ0) is 29.1. The number of aliphatic hydroxyl groups excluding tert-OH is 1. The number of benzene rings is 2. The van der Waals surface area contributed by atoms with Gasteiger partial charge in [-0.25, -0.2) is 0 Å². The zero-order valence-corrected chi connectivity index (χ0v) is 24.2. The summed E-state index contributed by atoms with van der Waals surface area (Å²) in [5.41, 5.74) is 1.43. The van der Waals surface area contributed by atoms with Crippen molar-refractivity contribution in [3.63, 3.8) is 0 Å². The largest absolute Gasteiger partial charge is 0.497 e. The highest BCUT2D eigenvalue weighted by atomic mass is 32.2. The molecule has 3 amide bonds. The Hall–Kier alpha value is -3.56. The third-order valence-corrected chi connectivity index (χ3v) is 10.4. The predicted octanol–water partition coefficient (Wildman–Crippen LogP) is 3.91. The Morgan fingerprint density at radius 3 is 2.29 bits per heavy atom. The molecule has 41 heavy (non-hydrogen) atoms. The van der Waals surface area contributed by atoms with Gasteiger partial charge in [0.25, 0.3) is 5.91 Å². The monoisotopic (exact) mass is 575 g/mol. The minimum Gasteiger partial charge on any atom is -0.497 e. The smallest absolute Gasteiger partial charge is 0.251 e. The van der Waals surface area contributed by atoms with E-state index in [9.17, 15) is 19.5 Å². The first kappa shape index (κ1) is 29.0. The van der Waals surface area contributed by atoms with Crippen molar-refractivity contribution in [2.45, 2.75) is 35.3 Å². The number of nitrogens with zero attached hydrogens (tertiary/aromatic N) is 3. The van der Waals surface area contributed by atoms with Crippen LogP contribution in [0.3, 0.4) is 0 Å². The summed E-state index contributed by atoms with van der Waals surface area (Å²) in [7, 11) is 1.59. The van der Waals surface area contributed by atoms with Gasteiger partial charge < -0.3 is 24.5 Å². The van der Waals surface area contributed by atoms with Crippen molar-refractivity contribution in [3.05, 3.63) is 79.9 Å². The lowest BCUT2D eigenvalue weighted by molar-refractivity contribution is -0.139. The van der Waals surface area contributed by atoms with E-state index in [1.807, 2.05) is 42.5 Å². The molecule has 2 aromatic rings. The molecule has 216 valence electrons. The Morgan fingerprint density at radius 2 is 1.68 bits per heavy atom. The number of rotatable bonds is 12. The van der Waals surface area contributed by atoms with Crippen LogP contribution in [0.15, 0.2) is 79.9 Å². The minimum absolute atomic E-state index is 0.0587. The predicted molar refractivity (Wildman–Crippen MR) is 162 cm³/mol. The number of hydrogen-bond donors (Lipinski definition) is 1. The molecule has 0 saturated carbocycles. The fraction of sp³-hybridized carbons (Fsp3) is 0.406. The van der Waals surface area contributed by atoms with Gasteiger partial charge >= 0.3 is 0 Å². The average Bonchev–Trinajstić information content (AvgIpc) is 3.64. The number of fused-ring (bicyclic) bond motifs is 1. The van der Waals surface area contributed by atoms with Gasteiger partial charge in [0.05, 0.1) is 23.7 Å². The number of hydrogen-bond acceptors (Lipinski definition) is 6. The lowest BCUT2D eigenvalue weighted by Gasteiger charge is -2.37. The molecule has 9 heteroatoms. The van der Waals surface area contributed by atoms with Crippen LogP contribution >= 0.6 is 11.8 Å². The van der Waals surface area contributed by atoms with Gasteiger partial charge in [0.15, 0.2) is 0 Å². The van der Waals surface area contributed by atoms with E-state index in [1.165, 1.54) is 0 Å². The molecule has 3 fully saturated rings. The van der Waals surface area contributed by atoms with E-state index in [4.69, 9.17) is 4.74 Å². The van der Waals surface area contributed by atoms with Gasteiger partial charge in [-0.1, -0.05) is 30.4 Å². The Balaban J connectivity index is 1.54. The summed E-state index contributed by atoms with van der Waals surface area (Å²) in [4.78, 5) is 48.1. The molecule has 0 aromatic heterocycles. The molecule has 2 bridgehead atoms. The van der Waals surface area contributed by atoms with Crippen LogP contribution in [0.25, 0.3) is 0 Å². The number of carbonyl (C=O) groups excluding carboxylic acids is 3. The van der Waals surface area contributed by atoms with Crippen LogP contribution in [0.4, 0.5) is 11.4 Å². The van der Waals surface area contributed by atoms with Crippen molar-refractivity contribution in [1.82, 2.24) is 4.90 Å². The van der Waals surface area contributed by atoms with E-state index in [-0.39, 0.29) is 42.7 Å². The second-order valence-corrected chi connectivity index (χ2v) is 12.3. The van der Waals surface area contributed by atoms with Crippen LogP contribution in [-0.2, 0) is 14.4 Å². The van der Waals surface area contributed by atoms with Crippen LogP contribution in [0.2, 0.25) is 0 Å². The highest BCUT2D eigenvalue weighted by Crippen LogP contribution is 2.66. The Labute approximate surface area is 245 Å². The molecule has 2 unspecified atom stereocenters. The average molecular weight is 576 g/mol. The van der Waals surface area contributed by atoms with Crippen molar-refractivity contribution < 1.29 is 24.2 Å². The molecule has 0 radical (unpaired) electrons. The molecule has 1 spiro atoms. The summed E-state index contributed by atoms with van der Waals surface area (Å²) in [5.74, 6) is -0.982. The number of ether oxygens (including phenoxy) is 1. The number of methoxy groups -OCH3 is 1. The quantitative estimate of drug-likeness (QED) is 0.386. The normalized spacial score (nSPS) is 26.0. The molecule has 1 N–H and O–H groups in total. The standard InChI is InChI=1S/C32H37N3O5S/c1-4-18-33(22-10-7-6-8-11-22)29(37)26-25-16-17-32(41-25)27(26)30(38)35(20-9-21-36)28(32)31(39)34(19-5-2)23-12-14-24(40-3)15-13-23/h4-8,10-15,25-28,36H,1-2,9,16-21H2,3H3/t25-,26+,27+,28?,32?/m1/s1. The van der Waals surface area contributed by atoms with Crippen LogP contribution < -0.4 is 14.5 Å².